The molecule has 0 fully saturated rings. The second kappa shape index (κ2) is 3.35. The van der Waals surface area contributed by atoms with E-state index >= 15 is 0 Å². The highest BCUT2D eigenvalue weighted by Gasteiger charge is 2.21. The van der Waals surface area contributed by atoms with Crippen molar-refractivity contribution in [3.05, 3.63) is 29.3 Å². The van der Waals surface area contributed by atoms with E-state index in [4.69, 9.17) is 5.84 Å². The topological polar surface area (TPSA) is 38.4 Å². The van der Waals surface area contributed by atoms with E-state index in [0.29, 0.717) is 0 Å². The predicted octanol–water partition coefficient (Wildman–Crippen LogP) is 1.49. The number of nitrogens with zero attached hydrogens (tertiary/aromatic N) is 2. The lowest BCUT2D eigenvalue weighted by Crippen LogP contribution is -2.34. The molecule has 1 aromatic carbocycles. The summed E-state index contributed by atoms with van der Waals surface area (Å²) in [5.41, 5.74) is 4.98. The first-order chi connectivity index (χ1) is 7.02. The molecule has 1 aliphatic carbocycles. The SMILES string of the molecule is C[N+](C)(C)c1ccc2c(c1)CC/C2=N\N. The average Bonchev–Trinajstić information content (AvgIpc) is 2.58. The summed E-state index contributed by atoms with van der Waals surface area (Å²) in [4.78, 5) is 0. The number of nitrogens with two attached hydrogens (primary N) is 1. The van der Waals surface area contributed by atoms with Crippen LogP contribution < -0.4 is 10.3 Å². The third kappa shape index (κ3) is 1.75. The summed E-state index contributed by atoms with van der Waals surface area (Å²) in [5, 5.41) is 3.83. The molecule has 0 heterocycles. The van der Waals surface area contributed by atoms with Crippen molar-refractivity contribution in [2.45, 2.75) is 12.8 Å². The van der Waals surface area contributed by atoms with E-state index in [1.165, 1.54) is 16.8 Å². The lowest BCUT2D eigenvalue weighted by molar-refractivity contribution is 0.486. The second-order valence-corrected chi connectivity index (χ2v) is 4.93. The Labute approximate surface area is 90.8 Å². The molecule has 0 aliphatic heterocycles. The highest BCUT2D eigenvalue weighted by molar-refractivity contribution is 6.04. The van der Waals surface area contributed by atoms with Gasteiger partial charge in [0.25, 0.3) is 0 Å². The molecule has 0 spiro atoms. The zero-order valence-electron chi connectivity index (χ0n) is 9.62. The maximum absolute atomic E-state index is 5.36. The van der Waals surface area contributed by atoms with Crippen LogP contribution in [0.15, 0.2) is 23.3 Å². The molecule has 2 rings (SSSR count). The van der Waals surface area contributed by atoms with Crippen molar-refractivity contribution in [2.24, 2.45) is 10.9 Å². The number of aryl methyl sites for hydroxylation is 1. The van der Waals surface area contributed by atoms with Gasteiger partial charge in [-0.3, -0.25) is 4.48 Å². The van der Waals surface area contributed by atoms with Crippen molar-refractivity contribution in [3.8, 4) is 0 Å². The van der Waals surface area contributed by atoms with Crippen LogP contribution in [0.5, 0.6) is 0 Å². The van der Waals surface area contributed by atoms with Crippen LogP contribution in [0.25, 0.3) is 0 Å². The molecule has 3 heteroatoms. The van der Waals surface area contributed by atoms with Crippen molar-refractivity contribution >= 4 is 11.4 Å². The Kier molecular flexibility index (Phi) is 2.27. The molecule has 0 radical (unpaired) electrons. The van der Waals surface area contributed by atoms with Gasteiger partial charge in [0, 0.05) is 11.6 Å². The monoisotopic (exact) mass is 204 g/mol. The van der Waals surface area contributed by atoms with Crippen LogP contribution >= 0.6 is 0 Å². The zero-order valence-corrected chi connectivity index (χ0v) is 9.62. The minimum atomic E-state index is 0.850. The molecule has 0 saturated heterocycles. The maximum atomic E-state index is 5.36. The van der Waals surface area contributed by atoms with Crippen molar-refractivity contribution in [1.29, 1.82) is 0 Å². The molecule has 15 heavy (non-hydrogen) atoms. The Morgan fingerprint density at radius 1 is 1.20 bits per heavy atom. The van der Waals surface area contributed by atoms with Crippen LogP contribution in [0.3, 0.4) is 0 Å². The number of benzene rings is 1. The Bertz CT molecular complexity index is 413. The number of hydrazone groups is 1. The molecular weight excluding hydrogens is 186 g/mol. The molecule has 3 nitrogen and oxygen atoms in total. The molecule has 0 atom stereocenters. The molecular formula is C12H18N3+. The first-order valence-corrected chi connectivity index (χ1v) is 5.24. The van der Waals surface area contributed by atoms with E-state index in [1.807, 2.05) is 0 Å². The van der Waals surface area contributed by atoms with E-state index in [-0.39, 0.29) is 0 Å². The lowest BCUT2D eigenvalue weighted by atomic mass is 10.1. The standard InChI is InChI=1S/C12H18N3/c1-15(2,3)10-5-6-11-9(8-10)4-7-12(11)14-13/h5-6,8H,4,7,13H2,1-3H3/q+1/b14-12+. The molecule has 2 N–H and O–H groups in total. The minimum absolute atomic E-state index is 0.850. The van der Waals surface area contributed by atoms with Gasteiger partial charge in [0.15, 0.2) is 0 Å². The Morgan fingerprint density at radius 3 is 2.53 bits per heavy atom. The summed E-state index contributed by atoms with van der Waals surface area (Å²) in [5.74, 6) is 5.36. The van der Waals surface area contributed by atoms with Gasteiger partial charge in [-0.15, -0.1) is 0 Å². The van der Waals surface area contributed by atoms with E-state index < -0.39 is 0 Å². The molecule has 1 aromatic rings. The summed E-state index contributed by atoms with van der Waals surface area (Å²) in [6.07, 6.45) is 2.05. The normalized spacial score (nSPS) is 18.2. The molecule has 0 unspecified atom stereocenters. The third-order valence-electron chi connectivity index (χ3n) is 2.96. The summed E-state index contributed by atoms with van der Waals surface area (Å²) in [6, 6.07) is 6.58. The first kappa shape index (κ1) is 10.2. The fourth-order valence-corrected chi connectivity index (χ4v) is 2.01. The smallest absolute Gasteiger partial charge is 0.132 e. The fraction of sp³-hybridized carbons (Fsp3) is 0.417. The largest absolute Gasteiger partial charge is 0.323 e. The van der Waals surface area contributed by atoms with Gasteiger partial charge in [-0.25, -0.2) is 0 Å². The quantitative estimate of drug-likeness (QED) is 0.420. The fourth-order valence-electron chi connectivity index (χ4n) is 2.01. The van der Waals surface area contributed by atoms with Gasteiger partial charge in [-0.2, -0.15) is 5.10 Å². The van der Waals surface area contributed by atoms with Crippen LogP contribution in [0.2, 0.25) is 0 Å². The van der Waals surface area contributed by atoms with Crippen molar-refractivity contribution in [2.75, 3.05) is 21.1 Å². The predicted molar refractivity (Wildman–Crippen MR) is 65.1 cm³/mol. The summed E-state index contributed by atoms with van der Waals surface area (Å²) < 4.78 is 0.850. The second-order valence-electron chi connectivity index (χ2n) is 4.93. The van der Waals surface area contributed by atoms with Crippen molar-refractivity contribution < 1.29 is 0 Å². The molecule has 0 saturated carbocycles. The highest BCUT2D eigenvalue weighted by atomic mass is 15.3. The minimum Gasteiger partial charge on any atom is -0.323 e. The highest BCUT2D eigenvalue weighted by Crippen LogP contribution is 2.28. The molecule has 0 aromatic heterocycles. The van der Waals surface area contributed by atoms with Gasteiger partial charge in [0.2, 0.25) is 0 Å². The van der Waals surface area contributed by atoms with Crippen LogP contribution in [0.1, 0.15) is 17.5 Å². The Balaban J connectivity index is 2.46. The summed E-state index contributed by atoms with van der Waals surface area (Å²) in [6.45, 7) is 0. The summed E-state index contributed by atoms with van der Waals surface area (Å²) >= 11 is 0. The molecule has 1 aliphatic rings. The number of hydrogen-bond donors (Lipinski definition) is 1. The number of rotatable bonds is 1. The molecule has 80 valence electrons. The Morgan fingerprint density at radius 2 is 1.93 bits per heavy atom. The maximum Gasteiger partial charge on any atom is 0.132 e. The zero-order chi connectivity index (χ0) is 11.1. The van der Waals surface area contributed by atoms with Crippen molar-refractivity contribution in [1.82, 2.24) is 4.48 Å². The van der Waals surface area contributed by atoms with Gasteiger partial charge in [-0.1, -0.05) is 0 Å². The van der Waals surface area contributed by atoms with Gasteiger partial charge in [-0.05, 0) is 30.5 Å². The van der Waals surface area contributed by atoms with Crippen LogP contribution in [0.4, 0.5) is 5.69 Å². The number of hydrogen-bond acceptors (Lipinski definition) is 2. The van der Waals surface area contributed by atoms with Gasteiger partial charge < -0.3 is 5.84 Å². The summed E-state index contributed by atoms with van der Waals surface area (Å²) in [7, 11) is 6.53. The Hall–Kier alpha value is -1.35. The number of quaternary nitrogens is 1. The van der Waals surface area contributed by atoms with Gasteiger partial charge >= 0.3 is 0 Å². The molecule has 0 bridgehead atoms. The van der Waals surface area contributed by atoms with Gasteiger partial charge in [0.1, 0.15) is 5.69 Å². The lowest BCUT2D eigenvalue weighted by Gasteiger charge is -2.23. The third-order valence-corrected chi connectivity index (χ3v) is 2.96. The van der Waals surface area contributed by atoms with E-state index in [2.05, 4.69) is 44.4 Å². The first-order valence-electron chi connectivity index (χ1n) is 5.24. The molecule has 0 amide bonds. The van der Waals surface area contributed by atoms with Gasteiger partial charge in [0.05, 0.1) is 26.9 Å². The van der Waals surface area contributed by atoms with Crippen LogP contribution in [-0.2, 0) is 6.42 Å². The van der Waals surface area contributed by atoms with E-state index in [0.717, 1.165) is 23.0 Å². The van der Waals surface area contributed by atoms with Crippen LogP contribution in [0, 0.1) is 0 Å². The van der Waals surface area contributed by atoms with Crippen LogP contribution in [-0.4, -0.2) is 26.9 Å². The van der Waals surface area contributed by atoms with Crippen molar-refractivity contribution in [3.63, 3.8) is 0 Å². The number of fused-ring (bicyclic) bond motifs is 1. The van der Waals surface area contributed by atoms with E-state index in [9.17, 15) is 0 Å². The van der Waals surface area contributed by atoms with E-state index in [1.54, 1.807) is 0 Å². The average molecular weight is 204 g/mol.